The lowest BCUT2D eigenvalue weighted by Crippen LogP contribution is -2.47. The van der Waals surface area contributed by atoms with Gasteiger partial charge in [-0.25, -0.2) is 8.42 Å². The first kappa shape index (κ1) is 14.7. The lowest BCUT2D eigenvalue weighted by Gasteiger charge is -2.35. The van der Waals surface area contributed by atoms with E-state index in [9.17, 15) is 8.42 Å². The summed E-state index contributed by atoms with van der Waals surface area (Å²) in [7, 11) is -3.36. The molecule has 17 heavy (non-hydrogen) atoms. The van der Waals surface area contributed by atoms with E-state index in [4.69, 9.17) is 0 Å². The molecule has 0 aromatic carbocycles. The number of nitrogens with zero attached hydrogens (tertiary/aromatic N) is 1. The molecule has 0 saturated carbocycles. The van der Waals surface area contributed by atoms with Gasteiger partial charge in [-0.2, -0.15) is 4.31 Å². The summed E-state index contributed by atoms with van der Waals surface area (Å²) in [5.41, 5.74) is -0.396. The smallest absolute Gasteiger partial charge is 0.206 e. The van der Waals surface area contributed by atoms with Gasteiger partial charge >= 0.3 is 0 Å². The molecule has 0 bridgehead atoms. The van der Waals surface area contributed by atoms with Crippen LogP contribution in [-0.2, 0) is 10.0 Å². The number of rotatable bonds is 4. The first-order chi connectivity index (χ1) is 7.65. The van der Waals surface area contributed by atoms with Gasteiger partial charge < -0.3 is 0 Å². The van der Waals surface area contributed by atoms with Crippen LogP contribution >= 0.6 is 11.3 Å². The maximum Gasteiger partial charge on any atom is 0.253 e. The average molecular weight is 275 g/mol. The minimum Gasteiger partial charge on any atom is -0.206 e. The average Bonchev–Trinajstić information content (AvgIpc) is 2.64. The standard InChI is InChI=1S/C12H21NO2S2/c1-10(2)9-13(12(3,4)5)17(14,15)11-7-6-8-16-11/h6-8,10H,9H2,1-5H3. The summed E-state index contributed by atoms with van der Waals surface area (Å²) < 4.78 is 27.0. The van der Waals surface area contributed by atoms with Crippen LogP contribution in [0.2, 0.25) is 0 Å². The van der Waals surface area contributed by atoms with Crippen molar-refractivity contribution in [3.05, 3.63) is 17.5 Å². The second kappa shape index (κ2) is 5.08. The van der Waals surface area contributed by atoms with E-state index in [2.05, 4.69) is 0 Å². The summed E-state index contributed by atoms with van der Waals surface area (Å²) in [6.07, 6.45) is 0. The van der Waals surface area contributed by atoms with Crippen LogP contribution in [-0.4, -0.2) is 24.8 Å². The Hall–Kier alpha value is -0.390. The topological polar surface area (TPSA) is 37.4 Å². The van der Waals surface area contributed by atoms with E-state index in [0.717, 1.165) is 0 Å². The van der Waals surface area contributed by atoms with Gasteiger partial charge in [0, 0.05) is 12.1 Å². The van der Waals surface area contributed by atoms with Crippen LogP contribution in [0.25, 0.3) is 0 Å². The van der Waals surface area contributed by atoms with Crippen molar-refractivity contribution in [1.82, 2.24) is 4.31 Å². The fourth-order valence-electron chi connectivity index (χ4n) is 1.58. The predicted octanol–water partition coefficient (Wildman–Crippen LogP) is 3.19. The minimum atomic E-state index is -3.36. The Morgan fingerprint density at radius 3 is 2.29 bits per heavy atom. The van der Waals surface area contributed by atoms with Gasteiger partial charge in [-0.1, -0.05) is 19.9 Å². The Bertz CT molecular complexity index is 441. The lowest BCUT2D eigenvalue weighted by atomic mass is 10.1. The maximum absolute atomic E-state index is 12.5. The Morgan fingerprint density at radius 1 is 1.35 bits per heavy atom. The van der Waals surface area contributed by atoms with Crippen LogP contribution in [0.5, 0.6) is 0 Å². The molecule has 0 amide bonds. The van der Waals surface area contributed by atoms with Gasteiger partial charge in [0.15, 0.2) is 0 Å². The summed E-state index contributed by atoms with van der Waals surface area (Å²) in [5.74, 6) is 0.309. The van der Waals surface area contributed by atoms with Gasteiger partial charge in [-0.3, -0.25) is 0 Å². The first-order valence-electron chi connectivity index (χ1n) is 5.72. The van der Waals surface area contributed by atoms with Crippen molar-refractivity contribution < 1.29 is 8.42 Å². The summed E-state index contributed by atoms with van der Waals surface area (Å²) in [6, 6.07) is 3.44. The second-order valence-corrected chi connectivity index (χ2v) is 8.57. The van der Waals surface area contributed by atoms with Crippen molar-refractivity contribution >= 4 is 21.4 Å². The quantitative estimate of drug-likeness (QED) is 0.846. The van der Waals surface area contributed by atoms with Gasteiger partial charge in [0.25, 0.3) is 10.0 Å². The monoisotopic (exact) mass is 275 g/mol. The van der Waals surface area contributed by atoms with Gasteiger partial charge in [0.1, 0.15) is 4.21 Å². The van der Waals surface area contributed by atoms with Crippen LogP contribution in [0.3, 0.4) is 0 Å². The fraction of sp³-hybridized carbons (Fsp3) is 0.667. The molecule has 1 rings (SSSR count). The minimum absolute atomic E-state index is 0.309. The molecule has 5 heteroatoms. The highest BCUT2D eigenvalue weighted by Crippen LogP contribution is 2.28. The molecule has 0 spiro atoms. The third kappa shape index (κ3) is 3.53. The molecular formula is C12H21NO2S2. The first-order valence-corrected chi connectivity index (χ1v) is 8.04. The van der Waals surface area contributed by atoms with Crippen molar-refractivity contribution in [1.29, 1.82) is 0 Å². The van der Waals surface area contributed by atoms with E-state index < -0.39 is 15.6 Å². The van der Waals surface area contributed by atoms with E-state index in [1.165, 1.54) is 11.3 Å². The molecule has 0 radical (unpaired) electrons. The summed E-state index contributed by atoms with van der Waals surface area (Å²) in [6.45, 7) is 10.4. The van der Waals surface area contributed by atoms with Crippen LogP contribution in [0, 0.1) is 5.92 Å². The zero-order valence-corrected chi connectivity index (χ0v) is 12.7. The molecule has 0 aliphatic carbocycles. The molecule has 98 valence electrons. The highest BCUT2D eigenvalue weighted by atomic mass is 32.2. The molecule has 1 heterocycles. The Morgan fingerprint density at radius 2 is 1.94 bits per heavy atom. The third-order valence-electron chi connectivity index (χ3n) is 2.32. The molecule has 0 saturated heterocycles. The molecule has 1 aromatic heterocycles. The lowest BCUT2D eigenvalue weighted by molar-refractivity contribution is 0.228. The highest BCUT2D eigenvalue weighted by Gasteiger charge is 2.34. The van der Waals surface area contributed by atoms with Crippen LogP contribution in [0.15, 0.2) is 21.7 Å². The van der Waals surface area contributed by atoms with Gasteiger partial charge in [-0.05, 0) is 38.1 Å². The third-order valence-corrected chi connectivity index (χ3v) is 5.82. The zero-order chi connectivity index (χ0) is 13.3. The Balaban J connectivity index is 3.15. The Labute approximate surface area is 109 Å². The van der Waals surface area contributed by atoms with E-state index >= 15 is 0 Å². The maximum atomic E-state index is 12.5. The number of hydrogen-bond donors (Lipinski definition) is 0. The van der Waals surface area contributed by atoms with Crippen molar-refractivity contribution in [3.63, 3.8) is 0 Å². The molecule has 0 unspecified atom stereocenters. The van der Waals surface area contributed by atoms with Crippen molar-refractivity contribution in [2.24, 2.45) is 5.92 Å². The molecular weight excluding hydrogens is 254 g/mol. The zero-order valence-electron chi connectivity index (χ0n) is 11.1. The van der Waals surface area contributed by atoms with E-state index in [1.807, 2.05) is 34.6 Å². The van der Waals surface area contributed by atoms with Crippen molar-refractivity contribution in [2.75, 3.05) is 6.54 Å². The summed E-state index contributed by atoms with van der Waals surface area (Å²) >= 11 is 1.27. The van der Waals surface area contributed by atoms with Crippen LogP contribution < -0.4 is 0 Å². The molecule has 0 atom stereocenters. The number of hydrogen-bond acceptors (Lipinski definition) is 3. The van der Waals surface area contributed by atoms with Gasteiger partial charge in [-0.15, -0.1) is 11.3 Å². The van der Waals surface area contributed by atoms with E-state index in [0.29, 0.717) is 16.7 Å². The normalized spacial score (nSPS) is 13.6. The van der Waals surface area contributed by atoms with E-state index in [-0.39, 0.29) is 0 Å². The summed E-state index contributed by atoms with van der Waals surface area (Å²) in [5, 5.41) is 1.79. The highest BCUT2D eigenvalue weighted by molar-refractivity contribution is 7.91. The SMILES string of the molecule is CC(C)CN(C(C)(C)C)S(=O)(=O)c1cccs1. The summed E-state index contributed by atoms with van der Waals surface area (Å²) in [4.78, 5) is 0. The van der Waals surface area contributed by atoms with Crippen molar-refractivity contribution in [3.8, 4) is 0 Å². The largest absolute Gasteiger partial charge is 0.253 e. The number of sulfonamides is 1. The predicted molar refractivity (Wildman–Crippen MR) is 72.8 cm³/mol. The Kier molecular flexibility index (Phi) is 4.38. The number of thiophene rings is 1. The molecule has 0 fully saturated rings. The molecule has 0 aliphatic rings. The van der Waals surface area contributed by atoms with Crippen LogP contribution in [0.1, 0.15) is 34.6 Å². The van der Waals surface area contributed by atoms with Crippen LogP contribution in [0.4, 0.5) is 0 Å². The molecule has 0 aliphatic heterocycles. The van der Waals surface area contributed by atoms with Gasteiger partial charge in [0.2, 0.25) is 0 Å². The van der Waals surface area contributed by atoms with Crippen molar-refractivity contribution in [2.45, 2.75) is 44.4 Å². The van der Waals surface area contributed by atoms with Gasteiger partial charge in [0.05, 0.1) is 0 Å². The molecule has 0 N–H and O–H groups in total. The second-order valence-electron chi connectivity index (χ2n) is 5.53. The molecule has 3 nitrogen and oxygen atoms in total. The fourth-order valence-corrected chi connectivity index (χ4v) is 4.64. The molecule has 1 aromatic rings. The van der Waals surface area contributed by atoms with E-state index in [1.54, 1.807) is 21.8 Å².